The number of fused-ring (bicyclic) bond motifs is 1. The van der Waals surface area contributed by atoms with Gasteiger partial charge >= 0.3 is 6.72 Å². The van der Waals surface area contributed by atoms with Crippen molar-refractivity contribution in [2.45, 2.75) is 152 Å². The van der Waals surface area contributed by atoms with Crippen molar-refractivity contribution < 1.29 is 56.1 Å². The number of carbonyl (C=O) groups excluding carboxylic acids is 2. The normalized spacial score (nSPS) is 21.1. The number of imidazole rings is 1. The predicted molar refractivity (Wildman–Crippen MR) is 394 cm³/mol. The molecular formula is C75H89N10O12PSSi2. The van der Waals surface area contributed by atoms with E-state index < -0.39 is 83.6 Å². The lowest BCUT2D eigenvalue weighted by atomic mass is 9.80. The van der Waals surface area contributed by atoms with Gasteiger partial charge in [0.1, 0.15) is 59.5 Å². The number of anilines is 2. The van der Waals surface area contributed by atoms with Gasteiger partial charge in [0.05, 0.1) is 76.5 Å². The third kappa shape index (κ3) is 14.9. The van der Waals surface area contributed by atoms with E-state index in [0.29, 0.717) is 59.9 Å². The summed E-state index contributed by atoms with van der Waals surface area (Å²) in [5.74, 6) is 0.783. The van der Waals surface area contributed by atoms with Crippen molar-refractivity contribution >= 4 is 80.8 Å². The highest BCUT2D eigenvalue weighted by molar-refractivity contribution is 8.07. The molecule has 1 saturated carbocycles. The molecule has 530 valence electrons. The minimum atomic E-state index is -4.14. The van der Waals surface area contributed by atoms with E-state index in [1.807, 2.05) is 115 Å². The van der Waals surface area contributed by atoms with Gasteiger partial charge in [0.25, 0.3) is 11.8 Å². The first kappa shape index (κ1) is 72.8. The average molecular weight is 1440 g/mol. The lowest BCUT2D eigenvalue weighted by molar-refractivity contribution is -0.0929. The number of benzene rings is 5. The summed E-state index contributed by atoms with van der Waals surface area (Å²) in [7, 11) is -2.32. The van der Waals surface area contributed by atoms with E-state index >= 15 is 0 Å². The molecule has 22 nitrogen and oxygen atoms in total. The molecule has 0 radical (unpaired) electrons. The summed E-state index contributed by atoms with van der Waals surface area (Å²) in [6, 6.07) is 45.2. The number of aliphatic hydroxyl groups excluding tert-OH is 1. The SMILES string of the molecule is COc1ccc(C(OC[C@H]2O[C@@H](n3cnc4c(NC(=O)c5ccccc5)ncnc43)[C@H](OP(=S)(OCCC#N)OC[C@H]3C[C@@H](n4cc5c6c(ncnc64)N(C(=O)c4ccccc4)CCC5)[C@H](O[Si](C)(C)C(C)(C)C)[C@@H]3O)[C@H]2O[Si](C)(C)C(C)(C)C)(c2ccccc2)c2ccc(OC)cc2)cc1. The maximum Gasteiger partial charge on any atom is 0.327 e. The van der Waals surface area contributed by atoms with Gasteiger partial charge in [-0.1, -0.05) is 133 Å². The Morgan fingerprint density at radius 1 is 0.703 bits per heavy atom. The summed E-state index contributed by atoms with van der Waals surface area (Å²) in [5.41, 5.74) is 4.15. The third-order valence-corrected chi connectivity index (χ3v) is 31.9. The van der Waals surface area contributed by atoms with Crippen LogP contribution in [-0.2, 0) is 55.7 Å². The van der Waals surface area contributed by atoms with Gasteiger partial charge in [0.15, 0.2) is 39.8 Å². The smallest absolute Gasteiger partial charge is 0.327 e. The highest BCUT2D eigenvalue weighted by atomic mass is 32.5. The Morgan fingerprint density at radius 2 is 1.28 bits per heavy atom. The van der Waals surface area contributed by atoms with Crippen LogP contribution in [0.4, 0.5) is 11.6 Å². The molecular weight excluding hydrogens is 1350 g/mol. The largest absolute Gasteiger partial charge is 0.497 e. The average Bonchev–Trinajstić information content (AvgIpc) is 1.68. The van der Waals surface area contributed by atoms with E-state index in [1.54, 1.807) is 54.3 Å². The van der Waals surface area contributed by atoms with E-state index in [2.05, 4.69) is 94.9 Å². The van der Waals surface area contributed by atoms with E-state index in [1.165, 1.54) is 12.7 Å². The molecule has 1 saturated heterocycles. The molecule has 0 spiro atoms. The van der Waals surface area contributed by atoms with Crippen LogP contribution < -0.4 is 19.7 Å². The molecule has 26 heteroatoms. The van der Waals surface area contributed by atoms with Crippen molar-refractivity contribution in [3.63, 3.8) is 0 Å². The van der Waals surface area contributed by atoms with Crippen LogP contribution in [0.2, 0.25) is 36.3 Å². The number of aliphatic hydroxyl groups is 1. The van der Waals surface area contributed by atoms with Crippen LogP contribution in [0.5, 0.6) is 11.5 Å². The second-order valence-electron chi connectivity index (χ2n) is 28.9. The van der Waals surface area contributed by atoms with Gasteiger partial charge in [-0.25, -0.2) is 24.9 Å². The van der Waals surface area contributed by atoms with Crippen LogP contribution >= 0.6 is 6.72 Å². The maximum absolute atomic E-state index is 14.3. The van der Waals surface area contributed by atoms with Crippen LogP contribution in [0.25, 0.3) is 22.2 Å². The molecule has 2 aliphatic heterocycles. The monoisotopic (exact) mass is 1440 g/mol. The molecule has 9 aromatic rings. The molecule has 2 N–H and O–H groups in total. The molecule has 3 aliphatic rings. The Bertz CT molecular complexity index is 4430. The second-order valence-corrected chi connectivity index (χ2v) is 41.4. The standard InChI is InChI=1S/C75H89N10O12PSSi2/c1-73(2,3)100(9,10)96-63-58(84-43-51-28-22-40-83(67-60(51)68(84)79-47-78-67)71(88)50-26-18-14-19-27-50)42-52(62(63)86)44-93-98(99,92-41-23-39-76)95-65-64(97-101(11,12)74(4,5)6)59(94-72(65)85-48-81-61-66(77-46-80-69(61)85)82-70(87)49-24-16-13-17-25-49)45-91-75(53-29-20-15-21-30-53,54-31-35-56(89-7)36-32-54)55-33-37-57(90-8)38-34-55/h13-21,24-27,29-38,43,46-48,52,58-59,62-65,72,86H,22-23,28,40-42,44-45H2,1-12H3,(H,77,80,82,87)/t52-,58-,59-,62-,63+,64+,65-,72-,98?/m1/s1. The van der Waals surface area contributed by atoms with E-state index in [9.17, 15) is 20.0 Å². The van der Waals surface area contributed by atoms with E-state index in [0.717, 1.165) is 27.6 Å². The Balaban J connectivity index is 0.957. The van der Waals surface area contributed by atoms with Gasteiger partial charge in [-0.15, -0.1) is 0 Å². The number of hydrogen-bond donors (Lipinski definition) is 2. The Hall–Kier alpha value is -7.94. The molecule has 6 heterocycles. The Kier molecular flexibility index (Phi) is 21.5. The minimum absolute atomic E-state index is 0.0628. The molecule has 12 rings (SSSR count). The van der Waals surface area contributed by atoms with Crippen LogP contribution in [-0.4, -0.2) is 139 Å². The zero-order valence-corrected chi connectivity index (χ0v) is 62.9. The fraction of sp³-hybridized carbons (Fsp3) is 0.413. The van der Waals surface area contributed by atoms with Crippen LogP contribution in [0, 0.1) is 17.2 Å². The second kappa shape index (κ2) is 29.8. The molecule has 2 fully saturated rings. The number of aryl methyl sites for hydroxylation is 1. The van der Waals surface area contributed by atoms with Crippen LogP contribution in [0.15, 0.2) is 165 Å². The molecule has 9 atom stereocenters. The number of amides is 2. The van der Waals surface area contributed by atoms with Crippen molar-refractivity contribution in [2.24, 2.45) is 5.92 Å². The van der Waals surface area contributed by atoms with E-state index in [-0.39, 0.29) is 59.2 Å². The lowest BCUT2D eigenvalue weighted by Gasteiger charge is -2.42. The molecule has 101 heavy (non-hydrogen) atoms. The number of nitrogens with one attached hydrogen (secondary N) is 1. The molecule has 1 unspecified atom stereocenters. The summed E-state index contributed by atoms with van der Waals surface area (Å²) < 4.78 is 66.7. The van der Waals surface area contributed by atoms with Crippen molar-refractivity contribution in [3.8, 4) is 17.6 Å². The third-order valence-electron chi connectivity index (χ3n) is 20.6. The van der Waals surface area contributed by atoms with Crippen molar-refractivity contribution in [1.29, 1.82) is 5.26 Å². The number of rotatable bonds is 25. The zero-order chi connectivity index (χ0) is 71.7. The summed E-state index contributed by atoms with van der Waals surface area (Å²) >= 11 is 6.68. The molecule has 4 aromatic heterocycles. The van der Waals surface area contributed by atoms with Crippen molar-refractivity contribution in [2.75, 3.05) is 50.8 Å². The molecule has 1 aliphatic carbocycles. The Morgan fingerprint density at radius 3 is 1.88 bits per heavy atom. The topological polar surface area (TPSA) is 251 Å². The number of aromatic nitrogens is 7. The first-order valence-corrected chi connectivity index (χ1v) is 42.5. The minimum Gasteiger partial charge on any atom is -0.497 e. The first-order valence-electron chi connectivity index (χ1n) is 34.2. The van der Waals surface area contributed by atoms with Crippen molar-refractivity contribution in [1.82, 2.24) is 34.1 Å². The Labute approximate surface area is 597 Å². The molecule has 0 bridgehead atoms. The fourth-order valence-corrected chi connectivity index (χ4v) is 17.9. The van der Waals surface area contributed by atoms with Gasteiger partial charge in [-0.05, 0) is 138 Å². The highest BCUT2D eigenvalue weighted by Crippen LogP contribution is 2.58. The van der Waals surface area contributed by atoms with Crippen LogP contribution in [0.3, 0.4) is 0 Å². The first-order chi connectivity index (χ1) is 48.3. The summed E-state index contributed by atoms with van der Waals surface area (Å²) in [5, 5.41) is 26.3. The molecule has 5 aromatic carbocycles. The van der Waals surface area contributed by atoms with Gasteiger partial charge in [0.2, 0.25) is 0 Å². The summed E-state index contributed by atoms with van der Waals surface area (Å²) in [6.07, 6.45) is 1.83. The maximum atomic E-state index is 14.3. The van der Waals surface area contributed by atoms with Gasteiger partial charge in [0, 0.05) is 29.8 Å². The van der Waals surface area contributed by atoms with Gasteiger partial charge in [-0.3, -0.25) is 23.6 Å². The quantitative estimate of drug-likeness (QED) is 0.0233. The number of carbonyl (C=O) groups is 2. The number of nitriles is 1. The van der Waals surface area contributed by atoms with Gasteiger partial charge < -0.3 is 51.8 Å². The molecule has 2 amide bonds. The fourth-order valence-electron chi connectivity index (χ4n) is 13.1. The highest BCUT2D eigenvalue weighted by Gasteiger charge is 2.56. The zero-order valence-electron chi connectivity index (χ0n) is 59.2. The number of methoxy groups -OCH3 is 2. The summed E-state index contributed by atoms with van der Waals surface area (Å²) in [4.78, 5) is 53.8. The number of ether oxygens (including phenoxy) is 4. The number of nitrogens with zero attached hydrogens (tertiary/aromatic N) is 9. The lowest BCUT2D eigenvalue weighted by Crippen LogP contribution is -2.50. The predicted octanol–water partition coefficient (Wildman–Crippen LogP) is 14.3. The van der Waals surface area contributed by atoms with Crippen molar-refractivity contribution in [3.05, 3.63) is 198 Å². The number of hydrogen-bond acceptors (Lipinski definition) is 19. The summed E-state index contributed by atoms with van der Waals surface area (Å²) in [6.45, 7) is 17.4. The van der Waals surface area contributed by atoms with Gasteiger partial charge in [-0.2, -0.15) is 5.26 Å². The van der Waals surface area contributed by atoms with Crippen LogP contribution in [0.1, 0.15) is 116 Å². The van der Waals surface area contributed by atoms with E-state index in [4.69, 9.17) is 73.1 Å².